The van der Waals surface area contributed by atoms with Crippen molar-refractivity contribution >= 4 is 16.2 Å². The zero-order valence-corrected chi connectivity index (χ0v) is 17.1. The van der Waals surface area contributed by atoms with Crippen LogP contribution >= 0.6 is 0 Å². The molecule has 24 heavy (non-hydrogen) atoms. The van der Waals surface area contributed by atoms with E-state index in [1.165, 1.54) is 5.56 Å². The molecule has 0 unspecified atom stereocenters. The van der Waals surface area contributed by atoms with Crippen molar-refractivity contribution in [2.75, 3.05) is 0 Å². The molecule has 3 nitrogen and oxygen atoms in total. The zero-order valence-electron chi connectivity index (χ0n) is 16.3. The number of hydrogen-bond donors (Lipinski definition) is 0. The van der Waals surface area contributed by atoms with Gasteiger partial charge < -0.3 is 0 Å². The number of nitrogens with zero attached hydrogens (tertiary/aromatic N) is 1. The molecule has 1 rings (SSSR count). The van der Waals surface area contributed by atoms with Gasteiger partial charge in [-0.1, -0.05) is 67.0 Å². The molecule has 0 saturated heterocycles. The van der Waals surface area contributed by atoms with Crippen LogP contribution in [0.15, 0.2) is 21.4 Å². The largest absolute Gasteiger partial charge is 0.282 e. The second-order valence-corrected chi connectivity index (χ2v) is 8.97. The SMILES string of the molecule is CCCC/C=N/S(=O)(=O)c1c(C(C)C)cc(C(C)C)cc1C(C)C. The van der Waals surface area contributed by atoms with Crippen LogP contribution in [0.1, 0.15) is 102 Å². The van der Waals surface area contributed by atoms with Crippen molar-refractivity contribution in [1.82, 2.24) is 0 Å². The van der Waals surface area contributed by atoms with Gasteiger partial charge in [-0.05, 0) is 47.3 Å². The van der Waals surface area contributed by atoms with E-state index in [1.807, 2.05) is 27.7 Å². The Bertz CT molecular complexity index is 642. The van der Waals surface area contributed by atoms with Crippen molar-refractivity contribution in [3.8, 4) is 0 Å². The van der Waals surface area contributed by atoms with Crippen LogP contribution in [0.25, 0.3) is 0 Å². The van der Waals surface area contributed by atoms with Crippen molar-refractivity contribution in [2.24, 2.45) is 4.40 Å². The van der Waals surface area contributed by atoms with Gasteiger partial charge in [0, 0.05) is 6.21 Å². The summed E-state index contributed by atoms with van der Waals surface area (Å²) in [6.07, 6.45) is 4.25. The third-order valence-electron chi connectivity index (χ3n) is 4.24. The van der Waals surface area contributed by atoms with Gasteiger partial charge in [0.1, 0.15) is 0 Å². The van der Waals surface area contributed by atoms with E-state index in [9.17, 15) is 8.42 Å². The Balaban J connectivity index is 3.57. The Labute approximate surface area is 148 Å². The van der Waals surface area contributed by atoms with Gasteiger partial charge in [0.05, 0.1) is 4.90 Å². The summed E-state index contributed by atoms with van der Waals surface area (Å²) in [5, 5.41) is 0. The lowest BCUT2D eigenvalue weighted by Gasteiger charge is -2.21. The van der Waals surface area contributed by atoms with Gasteiger partial charge in [-0.2, -0.15) is 12.8 Å². The van der Waals surface area contributed by atoms with E-state index >= 15 is 0 Å². The summed E-state index contributed by atoms with van der Waals surface area (Å²) in [7, 11) is -3.67. The van der Waals surface area contributed by atoms with Crippen molar-refractivity contribution in [2.45, 2.75) is 90.4 Å². The molecule has 0 heterocycles. The van der Waals surface area contributed by atoms with Gasteiger partial charge in [0.2, 0.25) is 0 Å². The summed E-state index contributed by atoms with van der Waals surface area (Å²) >= 11 is 0. The van der Waals surface area contributed by atoms with Crippen molar-refractivity contribution in [3.63, 3.8) is 0 Å². The van der Waals surface area contributed by atoms with Gasteiger partial charge in [-0.15, -0.1) is 0 Å². The Morgan fingerprint density at radius 3 is 1.83 bits per heavy atom. The van der Waals surface area contributed by atoms with Crippen LogP contribution in [0.4, 0.5) is 0 Å². The van der Waals surface area contributed by atoms with Crippen LogP contribution in [-0.4, -0.2) is 14.6 Å². The van der Waals surface area contributed by atoms with Gasteiger partial charge in [0.15, 0.2) is 0 Å². The molecule has 0 N–H and O–H groups in total. The second-order valence-electron chi connectivity index (χ2n) is 7.40. The standard InChI is InChI=1S/C20H33NO2S/c1-8-9-10-11-21-24(22,23)20-18(15(4)5)12-17(14(2)3)13-19(20)16(6)7/h11-16H,8-10H2,1-7H3/b21-11+. The fourth-order valence-corrected chi connectivity index (χ4v) is 4.28. The van der Waals surface area contributed by atoms with Crippen LogP contribution in [0, 0.1) is 0 Å². The normalized spacial score (nSPS) is 12.9. The summed E-state index contributed by atoms with van der Waals surface area (Å²) in [6.45, 7) is 14.5. The molecule has 0 bridgehead atoms. The van der Waals surface area contributed by atoms with Crippen molar-refractivity contribution in [3.05, 3.63) is 28.8 Å². The van der Waals surface area contributed by atoms with E-state index in [1.54, 1.807) is 6.21 Å². The molecule has 0 atom stereocenters. The zero-order chi connectivity index (χ0) is 18.5. The Hall–Kier alpha value is -1.16. The maximum absolute atomic E-state index is 12.9. The van der Waals surface area contributed by atoms with Crippen LogP contribution in [0.3, 0.4) is 0 Å². The highest BCUT2D eigenvalue weighted by atomic mass is 32.2. The number of unbranched alkanes of at least 4 members (excludes halogenated alkanes) is 2. The minimum atomic E-state index is -3.67. The molecule has 1 aromatic rings. The van der Waals surface area contributed by atoms with E-state index in [0.29, 0.717) is 17.2 Å². The molecule has 0 radical (unpaired) electrons. The van der Waals surface area contributed by atoms with Gasteiger partial charge in [-0.25, -0.2) is 0 Å². The van der Waals surface area contributed by atoms with E-state index in [4.69, 9.17) is 0 Å². The van der Waals surface area contributed by atoms with Crippen LogP contribution in [0.2, 0.25) is 0 Å². The molecule has 0 aliphatic rings. The predicted octanol–water partition coefficient (Wildman–Crippen LogP) is 6.01. The fourth-order valence-electron chi connectivity index (χ4n) is 2.69. The number of sulfonamides is 1. The number of hydrogen-bond acceptors (Lipinski definition) is 2. The average molecular weight is 352 g/mol. The predicted molar refractivity (Wildman–Crippen MR) is 104 cm³/mol. The minimum Gasteiger partial charge on any atom is -0.199 e. The maximum Gasteiger partial charge on any atom is 0.282 e. The fraction of sp³-hybridized carbons (Fsp3) is 0.650. The summed E-state index contributed by atoms with van der Waals surface area (Å²) in [5.41, 5.74) is 2.96. The van der Waals surface area contributed by atoms with E-state index in [2.05, 4.69) is 37.3 Å². The van der Waals surface area contributed by atoms with Crippen molar-refractivity contribution < 1.29 is 8.42 Å². The Morgan fingerprint density at radius 2 is 1.46 bits per heavy atom. The number of rotatable bonds is 8. The molecule has 1 aromatic carbocycles. The maximum atomic E-state index is 12.9. The Morgan fingerprint density at radius 1 is 0.958 bits per heavy atom. The van der Waals surface area contributed by atoms with E-state index in [0.717, 1.165) is 24.0 Å². The lowest BCUT2D eigenvalue weighted by Crippen LogP contribution is -2.11. The molecular formula is C20H33NO2S. The minimum absolute atomic E-state index is 0.136. The highest BCUT2D eigenvalue weighted by Gasteiger charge is 2.26. The lowest BCUT2D eigenvalue weighted by atomic mass is 9.89. The Kier molecular flexibility index (Phi) is 7.65. The first-order valence-electron chi connectivity index (χ1n) is 9.08. The summed E-state index contributed by atoms with van der Waals surface area (Å²) in [4.78, 5) is 0.421. The van der Waals surface area contributed by atoms with Crippen LogP contribution in [0.5, 0.6) is 0 Å². The quantitative estimate of drug-likeness (QED) is 0.425. The monoisotopic (exact) mass is 351 g/mol. The first-order chi connectivity index (χ1) is 11.1. The van der Waals surface area contributed by atoms with Crippen molar-refractivity contribution in [1.29, 1.82) is 0 Å². The average Bonchev–Trinajstić information content (AvgIpc) is 2.50. The molecule has 0 spiro atoms. The summed E-state index contributed by atoms with van der Waals surface area (Å²) < 4.78 is 29.8. The highest BCUT2D eigenvalue weighted by Crippen LogP contribution is 2.35. The molecule has 0 saturated carbocycles. The number of benzene rings is 1. The smallest absolute Gasteiger partial charge is 0.199 e. The summed E-state index contributed by atoms with van der Waals surface area (Å²) in [5.74, 6) is 0.637. The van der Waals surface area contributed by atoms with Crippen LogP contribution < -0.4 is 0 Å². The highest BCUT2D eigenvalue weighted by molar-refractivity contribution is 7.90. The molecule has 0 fully saturated rings. The van der Waals surface area contributed by atoms with Gasteiger partial charge >= 0.3 is 0 Å². The van der Waals surface area contributed by atoms with E-state index < -0.39 is 10.0 Å². The lowest BCUT2D eigenvalue weighted by molar-refractivity contribution is 0.592. The van der Waals surface area contributed by atoms with Gasteiger partial charge in [-0.3, -0.25) is 0 Å². The third kappa shape index (κ3) is 5.17. The van der Waals surface area contributed by atoms with Crippen LogP contribution in [-0.2, 0) is 10.0 Å². The molecular weight excluding hydrogens is 318 g/mol. The molecule has 136 valence electrons. The molecule has 0 amide bonds. The summed E-state index contributed by atoms with van der Waals surface area (Å²) in [6, 6.07) is 4.10. The third-order valence-corrected chi connectivity index (χ3v) is 5.65. The first-order valence-corrected chi connectivity index (χ1v) is 10.5. The topological polar surface area (TPSA) is 46.5 Å². The molecule has 0 aromatic heterocycles. The first kappa shape index (κ1) is 20.9. The molecule has 0 aliphatic heterocycles. The second kappa shape index (κ2) is 8.80. The molecule has 0 aliphatic carbocycles. The van der Waals surface area contributed by atoms with Gasteiger partial charge in [0.25, 0.3) is 10.0 Å². The van der Waals surface area contributed by atoms with E-state index in [-0.39, 0.29) is 11.8 Å². The molecule has 4 heteroatoms.